The van der Waals surface area contributed by atoms with Gasteiger partial charge in [0.1, 0.15) is 11.6 Å². The van der Waals surface area contributed by atoms with E-state index in [1.165, 1.54) is 12.1 Å². The third-order valence-corrected chi connectivity index (χ3v) is 4.02. The minimum atomic E-state index is -0.798. The normalized spacial score (nSPS) is 11.5. The van der Waals surface area contributed by atoms with Gasteiger partial charge in [0.15, 0.2) is 6.61 Å². The second kappa shape index (κ2) is 11.2. The molecule has 0 bridgehead atoms. The van der Waals surface area contributed by atoms with Gasteiger partial charge in [0.2, 0.25) is 5.91 Å². The Hall–Kier alpha value is -2.71. The summed E-state index contributed by atoms with van der Waals surface area (Å²) in [6, 6.07) is 7.37. The molecular weight excluding hydrogens is 389 g/mol. The summed E-state index contributed by atoms with van der Waals surface area (Å²) in [5.74, 6) is -1.06. The number of aromatic nitrogens is 1. The Morgan fingerprint density at radius 2 is 1.93 bits per heavy atom. The van der Waals surface area contributed by atoms with Crippen LogP contribution in [0.2, 0.25) is 5.02 Å². The van der Waals surface area contributed by atoms with Crippen molar-refractivity contribution in [3.05, 3.63) is 59.1 Å². The van der Waals surface area contributed by atoms with Gasteiger partial charge in [-0.2, -0.15) is 0 Å². The van der Waals surface area contributed by atoms with Crippen molar-refractivity contribution in [2.45, 2.75) is 18.9 Å². The molecule has 1 unspecified atom stereocenters. The van der Waals surface area contributed by atoms with Gasteiger partial charge in [-0.05, 0) is 36.2 Å². The number of aliphatic hydroxyl groups excluding tert-OH is 1. The molecule has 0 fully saturated rings. The SMILES string of the molecule is O=C(COc1ccc(Cl)c(F)c1)NCCC(O)CNC(=O)Cc1ccncc1. The Balaban J connectivity index is 1.58. The fourth-order valence-corrected chi connectivity index (χ4v) is 2.34. The lowest BCUT2D eigenvalue weighted by Crippen LogP contribution is -2.36. The van der Waals surface area contributed by atoms with E-state index in [1.54, 1.807) is 24.5 Å². The Bertz CT molecular complexity index is 792. The van der Waals surface area contributed by atoms with Gasteiger partial charge in [-0.25, -0.2) is 4.39 Å². The van der Waals surface area contributed by atoms with Crippen LogP contribution in [0, 0.1) is 5.82 Å². The summed E-state index contributed by atoms with van der Waals surface area (Å²) >= 11 is 5.56. The molecule has 1 aromatic heterocycles. The number of rotatable bonds is 10. The zero-order valence-corrected chi connectivity index (χ0v) is 15.8. The standard InChI is InChI=1S/C19H21ClFN3O4/c20-16-2-1-15(10-17(16)21)28-12-19(27)23-8-5-14(25)11-24-18(26)9-13-3-6-22-7-4-13/h1-4,6-7,10,14,25H,5,8-9,11-12H2,(H,23,27)(H,24,26). The minimum Gasteiger partial charge on any atom is -0.484 e. The van der Waals surface area contributed by atoms with E-state index in [0.29, 0.717) is 0 Å². The molecule has 0 aliphatic heterocycles. The number of nitrogens with zero attached hydrogens (tertiary/aromatic N) is 1. The number of nitrogens with one attached hydrogen (secondary N) is 2. The number of carbonyl (C=O) groups excluding carboxylic acids is 2. The van der Waals surface area contributed by atoms with Crippen molar-refractivity contribution in [2.75, 3.05) is 19.7 Å². The average Bonchev–Trinajstić information content (AvgIpc) is 2.68. The molecule has 28 heavy (non-hydrogen) atoms. The van der Waals surface area contributed by atoms with Crippen molar-refractivity contribution in [3.63, 3.8) is 0 Å². The number of hydrogen-bond acceptors (Lipinski definition) is 5. The number of amides is 2. The summed E-state index contributed by atoms with van der Waals surface area (Å²) in [4.78, 5) is 27.4. The van der Waals surface area contributed by atoms with Gasteiger partial charge in [0.25, 0.3) is 5.91 Å². The monoisotopic (exact) mass is 409 g/mol. The second-order valence-corrected chi connectivity index (χ2v) is 6.40. The molecule has 0 aliphatic rings. The first-order valence-electron chi connectivity index (χ1n) is 8.62. The number of ether oxygens (including phenoxy) is 1. The highest BCUT2D eigenvalue weighted by Crippen LogP contribution is 2.20. The summed E-state index contributed by atoms with van der Waals surface area (Å²) in [5.41, 5.74) is 0.829. The summed E-state index contributed by atoms with van der Waals surface area (Å²) in [6.45, 7) is -0.00125. The second-order valence-electron chi connectivity index (χ2n) is 5.99. The van der Waals surface area contributed by atoms with Crippen LogP contribution in [0.1, 0.15) is 12.0 Å². The van der Waals surface area contributed by atoms with Gasteiger partial charge in [-0.15, -0.1) is 0 Å². The summed E-state index contributed by atoms with van der Waals surface area (Å²) in [7, 11) is 0. The number of pyridine rings is 1. The zero-order chi connectivity index (χ0) is 20.4. The molecule has 1 atom stereocenters. The maximum absolute atomic E-state index is 13.3. The van der Waals surface area contributed by atoms with Crippen molar-refractivity contribution in [2.24, 2.45) is 0 Å². The molecule has 9 heteroatoms. The van der Waals surface area contributed by atoms with Crippen molar-refractivity contribution in [3.8, 4) is 5.75 Å². The minimum absolute atomic E-state index is 0.0290. The molecule has 0 aliphatic carbocycles. The Labute approximate surface area is 166 Å². The highest BCUT2D eigenvalue weighted by Gasteiger charge is 2.10. The highest BCUT2D eigenvalue weighted by atomic mass is 35.5. The first kappa shape index (κ1) is 21.6. The van der Waals surface area contributed by atoms with Crippen molar-refractivity contribution < 1.29 is 23.8 Å². The Morgan fingerprint density at radius 3 is 2.64 bits per heavy atom. The molecule has 3 N–H and O–H groups in total. The van der Waals surface area contributed by atoms with Crippen LogP contribution in [0.15, 0.2) is 42.7 Å². The van der Waals surface area contributed by atoms with Gasteiger partial charge >= 0.3 is 0 Å². The molecule has 0 saturated heterocycles. The number of hydrogen-bond donors (Lipinski definition) is 3. The van der Waals surface area contributed by atoms with Gasteiger partial charge in [-0.3, -0.25) is 14.6 Å². The smallest absolute Gasteiger partial charge is 0.257 e. The van der Waals surface area contributed by atoms with Crippen LogP contribution in [-0.4, -0.2) is 47.7 Å². The molecule has 150 valence electrons. The van der Waals surface area contributed by atoms with E-state index >= 15 is 0 Å². The van der Waals surface area contributed by atoms with Gasteiger partial charge in [0.05, 0.1) is 17.5 Å². The lowest BCUT2D eigenvalue weighted by atomic mass is 10.2. The Kier molecular flexibility index (Phi) is 8.64. The van der Waals surface area contributed by atoms with Crippen LogP contribution < -0.4 is 15.4 Å². The summed E-state index contributed by atoms with van der Waals surface area (Å²) in [5, 5.41) is 15.1. The average molecular weight is 410 g/mol. The molecule has 7 nitrogen and oxygen atoms in total. The molecule has 0 saturated carbocycles. The molecule has 2 rings (SSSR count). The van der Waals surface area contributed by atoms with Crippen molar-refractivity contribution in [1.29, 1.82) is 0 Å². The van der Waals surface area contributed by atoms with E-state index in [-0.39, 0.29) is 49.2 Å². The highest BCUT2D eigenvalue weighted by molar-refractivity contribution is 6.30. The van der Waals surface area contributed by atoms with E-state index in [1.807, 2.05) is 0 Å². The maximum Gasteiger partial charge on any atom is 0.257 e. The molecule has 2 aromatic rings. The van der Waals surface area contributed by atoms with Crippen LogP contribution in [0.25, 0.3) is 0 Å². The number of carbonyl (C=O) groups is 2. The van der Waals surface area contributed by atoms with E-state index in [0.717, 1.165) is 11.6 Å². The van der Waals surface area contributed by atoms with Crippen molar-refractivity contribution in [1.82, 2.24) is 15.6 Å². The van der Waals surface area contributed by atoms with E-state index in [9.17, 15) is 19.1 Å². The van der Waals surface area contributed by atoms with Gasteiger partial charge in [-0.1, -0.05) is 11.6 Å². The van der Waals surface area contributed by atoms with E-state index < -0.39 is 17.8 Å². The molecule has 1 heterocycles. The van der Waals surface area contributed by atoms with E-state index in [2.05, 4.69) is 15.6 Å². The molecule has 0 radical (unpaired) electrons. The first-order chi connectivity index (χ1) is 13.4. The number of halogens is 2. The molecule has 1 aromatic carbocycles. The first-order valence-corrected chi connectivity index (χ1v) is 9.00. The number of benzene rings is 1. The van der Waals surface area contributed by atoms with Gasteiger partial charge in [0, 0.05) is 31.5 Å². The third kappa shape index (κ3) is 7.89. The zero-order valence-electron chi connectivity index (χ0n) is 15.0. The Morgan fingerprint density at radius 1 is 1.18 bits per heavy atom. The summed E-state index contributed by atoms with van der Waals surface area (Å²) in [6.07, 6.45) is 2.87. The van der Waals surface area contributed by atoms with Crippen LogP contribution >= 0.6 is 11.6 Å². The maximum atomic E-state index is 13.3. The van der Waals surface area contributed by atoms with E-state index in [4.69, 9.17) is 16.3 Å². The molecular formula is C19H21ClFN3O4. The summed E-state index contributed by atoms with van der Waals surface area (Å²) < 4.78 is 18.4. The number of aliphatic hydroxyl groups is 1. The predicted octanol–water partition coefficient (Wildman–Crippen LogP) is 1.48. The molecule has 0 spiro atoms. The third-order valence-electron chi connectivity index (χ3n) is 3.71. The lowest BCUT2D eigenvalue weighted by Gasteiger charge is -2.13. The van der Waals surface area contributed by atoms with Crippen LogP contribution in [0.3, 0.4) is 0 Å². The van der Waals surface area contributed by atoms with Crippen molar-refractivity contribution >= 4 is 23.4 Å². The molecule has 2 amide bonds. The van der Waals surface area contributed by atoms with Crippen LogP contribution in [-0.2, 0) is 16.0 Å². The quantitative estimate of drug-likeness (QED) is 0.552. The largest absolute Gasteiger partial charge is 0.484 e. The van der Waals surface area contributed by atoms with Gasteiger partial charge < -0.3 is 20.5 Å². The predicted molar refractivity (Wildman–Crippen MR) is 101 cm³/mol. The fourth-order valence-electron chi connectivity index (χ4n) is 2.23. The fraction of sp³-hybridized carbons (Fsp3) is 0.316. The van der Waals surface area contributed by atoms with Crippen LogP contribution in [0.5, 0.6) is 5.75 Å². The lowest BCUT2D eigenvalue weighted by molar-refractivity contribution is -0.123. The topological polar surface area (TPSA) is 101 Å². The van der Waals surface area contributed by atoms with Crippen LogP contribution in [0.4, 0.5) is 4.39 Å².